The van der Waals surface area contributed by atoms with Crippen LogP contribution < -0.4 is 4.90 Å². The molecule has 8 heteroatoms. The highest BCUT2D eigenvalue weighted by Gasteiger charge is 2.58. The average Bonchev–Trinajstić information content (AvgIpc) is 3.45. The van der Waals surface area contributed by atoms with Crippen LogP contribution in [0.15, 0.2) is 64.0 Å². The molecule has 5 rings (SSSR count). The molecule has 7 nitrogen and oxygen atoms in total. The summed E-state index contributed by atoms with van der Waals surface area (Å²) in [7, 11) is -3.81. The highest BCUT2D eigenvalue weighted by molar-refractivity contribution is 7.95. The number of anilines is 1. The number of hydrogen-bond donors (Lipinski definition) is 0. The van der Waals surface area contributed by atoms with Crippen molar-refractivity contribution in [2.45, 2.75) is 37.0 Å². The predicted octanol–water partition coefficient (Wildman–Crippen LogP) is 3.43. The number of sulfonamides is 1. The fourth-order valence-corrected chi connectivity index (χ4v) is 6.84. The van der Waals surface area contributed by atoms with Crippen LogP contribution in [0.5, 0.6) is 0 Å². The highest BCUT2D eigenvalue weighted by Crippen LogP contribution is 2.49. The van der Waals surface area contributed by atoms with Gasteiger partial charge in [0, 0.05) is 25.7 Å². The summed E-state index contributed by atoms with van der Waals surface area (Å²) in [6.45, 7) is 4.17. The number of carbonyl (C=O) groups is 1. The average molecular weight is 452 g/mol. The number of aryl methyl sites for hydroxylation is 2. The van der Waals surface area contributed by atoms with Gasteiger partial charge < -0.3 is 14.0 Å². The molecular formula is C24H25N3O4S. The summed E-state index contributed by atoms with van der Waals surface area (Å²) < 4.78 is 33.3. The topological polar surface area (TPSA) is 89.7 Å². The largest absolute Gasteiger partial charge is 0.593 e. The van der Waals surface area contributed by atoms with Crippen LogP contribution in [-0.4, -0.2) is 39.6 Å². The summed E-state index contributed by atoms with van der Waals surface area (Å²) in [6.07, 6.45) is 1.19. The van der Waals surface area contributed by atoms with Crippen molar-refractivity contribution in [2.24, 2.45) is 0 Å². The fourth-order valence-electron chi connectivity index (χ4n) is 5.05. The molecule has 1 amide bonds. The minimum absolute atomic E-state index is 0.0221. The molecule has 1 saturated heterocycles. The van der Waals surface area contributed by atoms with E-state index in [9.17, 15) is 13.6 Å². The minimum atomic E-state index is -3.81. The maximum absolute atomic E-state index is 13.8. The first-order chi connectivity index (χ1) is 15.3. The van der Waals surface area contributed by atoms with Crippen LogP contribution in [0.1, 0.15) is 29.0 Å². The van der Waals surface area contributed by atoms with Gasteiger partial charge in [0.05, 0.1) is 12.0 Å². The molecule has 0 saturated carbocycles. The molecule has 1 fully saturated rings. The summed E-state index contributed by atoms with van der Waals surface area (Å²) in [4.78, 5) is 15.7. The third-order valence-corrected chi connectivity index (χ3v) is 8.72. The molecule has 0 bridgehead atoms. The Balaban J connectivity index is 1.46. The van der Waals surface area contributed by atoms with Gasteiger partial charge in [0.1, 0.15) is 5.69 Å². The van der Waals surface area contributed by atoms with Gasteiger partial charge in [-0.2, -0.15) is 0 Å². The quantitative estimate of drug-likeness (QED) is 0.555. The number of nitrogens with zero attached hydrogens (tertiary/aromatic N) is 3. The van der Waals surface area contributed by atoms with Crippen LogP contribution in [0.2, 0.25) is 0 Å². The smallest absolute Gasteiger partial charge is 0.240 e. The molecule has 1 aromatic heterocycles. The normalized spacial score (nSPS) is 22.5. The fraction of sp³-hybridized carbons (Fsp3) is 0.333. The van der Waals surface area contributed by atoms with Crippen molar-refractivity contribution >= 4 is 22.0 Å². The van der Waals surface area contributed by atoms with Gasteiger partial charge in [-0.3, -0.25) is 4.79 Å². The zero-order chi connectivity index (χ0) is 22.5. The van der Waals surface area contributed by atoms with Crippen LogP contribution in [0.4, 0.5) is 5.69 Å². The zero-order valence-corrected chi connectivity index (χ0v) is 18.9. The summed E-state index contributed by atoms with van der Waals surface area (Å²) >= 11 is 0. The van der Waals surface area contributed by atoms with Crippen molar-refractivity contribution in [3.05, 3.63) is 77.2 Å². The van der Waals surface area contributed by atoms with Gasteiger partial charge in [-0.1, -0.05) is 57.9 Å². The monoisotopic (exact) mass is 451 g/mol. The van der Waals surface area contributed by atoms with Gasteiger partial charge in [0.25, 0.3) is 0 Å². The molecule has 0 aliphatic carbocycles. The van der Waals surface area contributed by atoms with Crippen LogP contribution in [0, 0.1) is 13.8 Å². The lowest BCUT2D eigenvalue weighted by Gasteiger charge is -2.26. The number of hydrogen-bond acceptors (Lipinski definition) is 5. The predicted molar refractivity (Wildman–Crippen MR) is 120 cm³/mol. The molecule has 2 atom stereocenters. The molecule has 2 aliphatic rings. The summed E-state index contributed by atoms with van der Waals surface area (Å²) in [5, 5.41) is 3.80. The van der Waals surface area contributed by atoms with Crippen LogP contribution >= 0.6 is 0 Å². The Morgan fingerprint density at radius 1 is 1.12 bits per heavy atom. The van der Waals surface area contributed by atoms with E-state index >= 15 is 0 Å². The first-order valence-corrected chi connectivity index (χ1v) is 12.2. The lowest BCUT2D eigenvalue weighted by atomic mass is 9.81. The van der Waals surface area contributed by atoms with Crippen molar-refractivity contribution in [2.75, 3.05) is 24.5 Å². The van der Waals surface area contributed by atoms with Crippen LogP contribution in [0.25, 0.3) is 0 Å². The second-order valence-electron chi connectivity index (χ2n) is 8.53. The Hall–Kier alpha value is -2.81. The second kappa shape index (κ2) is 7.65. The van der Waals surface area contributed by atoms with Gasteiger partial charge in [-0.15, -0.1) is 4.31 Å². The number of fused-ring (bicyclic) bond motifs is 2. The van der Waals surface area contributed by atoms with E-state index in [4.69, 9.17) is 4.52 Å². The maximum Gasteiger partial charge on any atom is 0.240 e. The van der Waals surface area contributed by atoms with E-state index in [0.29, 0.717) is 18.7 Å². The number of para-hydroxylation sites is 1. The van der Waals surface area contributed by atoms with Crippen molar-refractivity contribution in [1.82, 2.24) is 9.46 Å². The summed E-state index contributed by atoms with van der Waals surface area (Å²) in [5.74, 6) is 0.247. The van der Waals surface area contributed by atoms with Gasteiger partial charge in [0.2, 0.25) is 10.8 Å². The van der Waals surface area contributed by atoms with E-state index in [1.54, 1.807) is 13.8 Å². The Morgan fingerprint density at radius 3 is 2.56 bits per heavy atom. The number of benzene rings is 2. The third-order valence-electron chi connectivity index (χ3n) is 6.63. The highest BCUT2D eigenvalue weighted by atomic mass is 32.3. The van der Waals surface area contributed by atoms with Gasteiger partial charge >= 0.3 is 0 Å². The van der Waals surface area contributed by atoms with Crippen molar-refractivity contribution in [1.29, 1.82) is 0 Å². The van der Waals surface area contributed by atoms with Gasteiger partial charge in [-0.05, 0) is 37.0 Å². The third kappa shape index (κ3) is 3.13. The van der Waals surface area contributed by atoms with E-state index in [0.717, 1.165) is 23.2 Å². The molecule has 32 heavy (non-hydrogen) atoms. The van der Waals surface area contributed by atoms with E-state index in [2.05, 4.69) is 17.3 Å². The first kappa shape index (κ1) is 21.1. The Bertz CT molecular complexity index is 1210. The molecule has 1 spiro atoms. The molecule has 2 aliphatic heterocycles. The minimum Gasteiger partial charge on any atom is -0.593 e. The second-order valence-corrected chi connectivity index (χ2v) is 10.4. The zero-order valence-electron chi connectivity index (χ0n) is 18.1. The van der Waals surface area contributed by atoms with Crippen LogP contribution in [0.3, 0.4) is 0 Å². The van der Waals surface area contributed by atoms with Gasteiger partial charge in [-0.25, -0.2) is 0 Å². The Morgan fingerprint density at radius 2 is 1.84 bits per heavy atom. The number of aromatic nitrogens is 1. The Kier molecular flexibility index (Phi) is 5.03. The van der Waals surface area contributed by atoms with Crippen molar-refractivity contribution in [3.8, 4) is 0 Å². The first-order valence-electron chi connectivity index (χ1n) is 10.7. The molecule has 166 valence electrons. The van der Waals surface area contributed by atoms with E-state index in [1.807, 2.05) is 47.4 Å². The number of rotatable bonds is 5. The van der Waals surface area contributed by atoms with Crippen LogP contribution in [-0.2, 0) is 31.2 Å². The Labute approximate surface area is 188 Å². The lowest BCUT2D eigenvalue weighted by Crippen LogP contribution is -2.45. The van der Waals surface area contributed by atoms with E-state index in [1.165, 1.54) is 4.31 Å². The molecule has 3 heterocycles. The maximum atomic E-state index is 13.8. The standard InChI is InChI=1S/C24H25N3O4S/c1-17-22(18(2)31-25-17)32(29,30)26-15-13-24(16-26)20-10-6-7-11-21(20)27(23(24)28)14-12-19-8-4-3-5-9-19/h3-11H,12-16H2,1-2H3. The number of carbonyl (C=O) groups excluding carboxylic acids is 1. The SMILES string of the molecule is Cc1noc(C)c1[S+](=O)([O-])N1CCC2(C1)C(=O)N(CCc1ccccc1)c1ccccc12. The molecule has 3 aromatic rings. The van der Waals surface area contributed by atoms with E-state index in [-0.39, 0.29) is 29.7 Å². The molecule has 0 radical (unpaired) electrons. The van der Waals surface area contributed by atoms with Gasteiger partial charge in [0.15, 0.2) is 16.2 Å². The molecule has 2 aromatic carbocycles. The van der Waals surface area contributed by atoms with Crippen molar-refractivity contribution in [3.63, 3.8) is 0 Å². The lowest BCUT2D eigenvalue weighted by molar-refractivity contribution is -0.122. The summed E-state index contributed by atoms with van der Waals surface area (Å²) in [5.41, 5.74) is 2.43. The molecule has 0 N–H and O–H groups in total. The number of amides is 1. The van der Waals surface area contributed by atoms with Crippen molar-refractivity contribution < 1.29 is 18.1 Å². The van der Waals surface area contributed by atoms with E-state index < -0.39 is 15.8 Å². The molecule has 2 unspecified atom stereocenters. The summed E-state index contributed by atoms with van der Waals surface area (Å²) in [6, 6.07) is 17.8. The molecular weight excluding hydrogens is 426 g/mol.